The fraction of sp³-hybridized carbons (Fsp3) is 0.238. The molecule has 0 amide bonds. The van der Waals surface area contributed by atoms with Gasteiger partial charge in [0.1, 0.15) is 0 Å². The van der Waals surface area contributed by atoms with Gasteiger partial charge in [0, 0.05) is 33.6 Å². The molecule has 156 valence electrons. The summed E-state index contributed by atoms with van der Waals surface area (Å²) in [6.07, 6.45) is 6.24. The van der Waals surface area contributed by atoms with Gasteiger partial charge in [0.15, 0.2) is 0 Å². The molecule has 0 bridgehead atoms. The molecule has 6 nitrogen and oxygen atoms in total. The summed E-state index contributed by atoms with van der Waals surface area (Å²) in [5.41, 5.74) is 2.24. The van der Waals surface area contributed by atoms with Crippen LogP contribution in [0.2, 0.25) is 0 Å². The average molecular weight is 484 g/mol. The maximum atomic E-state index is 7.50. The predicted octanol–water partition coefficient (Wildman–Crippen LogP) is 3.78. The van der Waals surface area contributed by atoms with E-state index in [4.69, 9.17) is 34.3 Å². The third kappa shape index (κ3) is 37.4. The van der Waals surface area contributed by atoms with Crippen LogP contribution in [0.3, 0.4) is 0 Å². The third-order valence-electron chi connectivity index (χ3n) is 2.70. The van der Waals surface area contributed by atoms with Gasteiger partial charge in [0.25, 0.3) is 0 Å². The zero-order valence-corrected chi connectivity index (χ0v) is 17.7. The summed E-state index contributed by atoms with van der Waals surface area (Å²) in [6.45, 7) is 35.3. The first-order valence-electron chi connectivity index (χ1n) is 6.57. The van der Waals surface area contributed by atoms with E-state index in [0.717, 1.165) is 12.0 Å². The SMILES string of the molecule is C#CC(=C)CC(c1ccccc1)C(C)C.[C-]#[O+].[C-]#[O+].[C-]#[O+].[C-]#[O+].[C-]#[O+].[C-]#[O+].[Co].[Co]. The summed E-state index contributed by atoms with van der Waals surface area (Å²) < 4.78 is 45.0. The quantitative estimate of drug-likeness (QED) is 0.351. The molecule has 0 saturated carbocycles. The van der Waals surface area contributed by atoms with Crippen molar-refractivity contribution < 1.29 is 61.5 Å². The number of allylic oxidation sites excluding steroid dienone is 1. The van der Waals surface area contributed by atoms with Crippen LogP contribution in [-0.4, -0.2) is 0 Å². The van der Waals surface area contributed by atoms with E-state index < -0.39 is 0 Å². The summed E-state index contributed by atoms with van der Waals surface area (Å²) >= 11 is 0. The maximum absolute atomic E-state index is 7.50. The second kappa shape index (κ2) is 56.2. The minimum absolute atomic E-state index is 0. The molecule has 8 heteroatoms. The number of benzene rings is 1. The summed E-state index contributed by atoms with van der Waals surface area (Å²) in [5.74, 6) is 3.69. The molecule has 0 saturated heterocycles. The van der Waals surface area contributed by atoms with E-state index in [9.17, 15) is 0 Å². The van der Waals surface area contributed by atoms with E-state index in [1.54, 1.807) is 0 Å². The summed E-state index contributed by atoms with van der Waals surface area (Å²) in [4.78, 5) is 0. The van der Waals surface area contributed by atoms with Crippen LogP contribution in [0.4, 0.5) is 0 Å². The summed E-state index contributed by atoms with van der Waals surface area (Å²) in [6, 6.07) is 10.5. The molecule has 29 heavy (non-hydrogen) atoms. The Hall–Kier alpha value is -2.03. The first kappa shape index (κ1) is 50.5. The van der Waals surface area contributed by atoms with Crippen molar-refractivity contribution in [2.75, 3.05) is 0 Å². The normalized spacial score (nSPS) is 6.69. The van der Waals surface area contributed by atoms with Crippen molar-refractivity contribution in [2.45, 2.75) is 26.2 Å². The van der Waals surface area contributed by atoms with E-state index in [1.807, 2.05) is 6.07 Å². The first-order valence-corrected chi connectivity index (χ1v) is 6.57. The van der Waals surface area contributed by atoms with E-state index in [-0.39, 0.29) is 33.6 Å². The predicted molar refractivity (Wildman–Crippen MR) is 90.2 cm³/mol. The van der Waals surface area contributed by atoms with Gasteiger partial charge in [0.05, 0.1) is 0 Å². The fourth-order valence-corrected chi connectivity index (χ4v) is 1.76. The Kier molecular flexibility index (Phi) is 98.0. The van der Waals surface area contributed by atoms with E-state index in [2.05, 4.69) is 90.5 Å². The molecule has 0 aliphatic heterocycles. The van der Waals surface area contributed by atoms with Crippen molar-refractivity contribution in [3.63, 3.8) is 0 Å². The molecule has 1 aromatic rings. The number of hydrogen-bond acceptors (Lipinski definition) is 0. The van der Waals surface area contributed by atoms with Crippen LogP contribution in [0.1, 0.15) is 31.7 Å². The smallest absolute Gasteiger partial charge is 0 e. The van der Waals surface area contributed by atoms with Gasteiger partial charge in [-0.15, -0.1) is 6.42 Å². The van der Waals surface area contributed by atoms with Crippen LogP contribution in [0.5, 0.6) is 0 Å². The summed E-state index contributed by atoms with van der Waals surface area (Å²) in [5, 5.41) is 0. The largest absolute Gasteiger partial charge is 0 e. The Labute approximate surface area is 193 Å². The fourth-order valence-electron chi connectivity index (χ4n) is 1.76. The molecule has 2 radical (unpaired) electrons. The van der Waals surface area contributed by atoms with Gasteiger partial charge in [-0.25, -0.2) is 0 Å². The molecule has 0 N–H and O–H groups in total. The van der Waals surface area contributed by atoms with Gasteiger partial charge >= 0.3 is 67.8 Å². The van der Waals surface area contributed by atoms with E-state index in [0.29, 0.717) is 11.8 Å². The molecule has 0 spiro atoms. The average Bonchev–Trinajstić information content (AvgIpc) is 2.80. The molecule has 1 unspecified atom stereocenters. The number of terminal acetylenes is 1. The van der Waals surface area contributed by atoms with Gasteiger partial charge in [-0.1, -0.05) is 56.7 Å². The molecule has 0 aliphatic rings. The minimum Gasteiger partial charge on any atom is 0 e. The van der Waals surface area contributed by atoms with Crippen molar-refractivity contribution in [3.05, 3.63) is 87.9 Å². The molecule has 0 aromatic heterocycles. The van der Waals surface area contributed by atoms with Crippen molar-refractivity contribution in [1.29, 1.82) is 0 Å². The first-order chi connectivity index (χ1) is 13.1. The van der Waals surface area contributed by atoms with Crippen LogP contribution < -0.4 is 0 Å². The topological polar surface area (TPSA) is 119 Å². The number of hydrogen-bond donors (Lipinski definition) is 0. The van der Waals surface area contributed by atoms with Crippen LogP contribution >= 0.6 is 0 Å². The standard InChI is InChI=1S/C15H18.6CO.2Co/c1-5-13(4)11-15(12(2)3)14-9-7-6-8-10-14;6*1-2;;/h1,6-10,12,15H,4,11H2,2-3H3;;;;;;;;. The minimum atomic E-state index is 0. The van der Waals surface area contributed by atoms with Crippen molar-refractivity contribution in [3.8, 4) is 12.3 Å². The Bertz CT molecular complexity index is 559. The zero-order valence-electron chi connectivity index (χ0n) is 15.6. The van der Waals surface area contributed by atoms with Crippen molar-refractivity contribution >= 4 is 0 Å². The molecule has 0 heterocycles. The Balaban J connectivity index is -0.0000000453. The van der Waals surface area contributed by atoms with Crippen LogP contribution in [0.15, 0.2) is 42.5 Å². The van der Waals surface area contributed by atoms with Gasteiger partial charge in [-0.2, -0.15) is 0 Å². The third-order valence-corrected chi connectivity index (χ3v) is 2.70. The maximum Gasteiger partial charge on any atom is 0 e. The van der Waals surface area contributed by atoms with Crippen molar-refractivity contribution in [2.24, 2.45) is 5.92 Å². The van der Waals surface area contributed by atoms with Gasteiger partial charge in [-0.3, -0.25) is 0 Å². The molecule has 1 rings (SSSR count). The van der Waals surface area contributed by atoms with E-state index >= 15 is 0 Å². The Morgan fingerprint density at radius 1 is 0.828 bits per heavy atom. The molecule has 1 atom stereocenters. The van der Waals surface area contributed by atoms with Gasteiger partial charge in [0.2, 0.25) is 0 Å². The van der Waals surface area contributed by atoms with Gasteiger partial charge < -0.3 is 0 Å². The van der Waals surface area contributed by atoms with Crippen LogP contribution in [0, 0.1) is 58.2 Å². The Morgan fingerprint density at radius 3 is 1.38 bits per heavy atom. The second-order valence-electron chi connectivity index (χ2n) is 4.21. The second-order valence-corrected chi connectivity index (χ2v) is 4.21. The number of rotatable bonds is 4. The molecular formula is C21H18Co2O6. The zero-order chi connectivity index (χ0) is 23.3. The summed E-state index contributed by atoms with van der Waals surface area (Å²) in [7, 11) is 0. The molecule has 0 fully saturated rings. The molecule has 0 aliphatic carbocycles. The van der Waals surface area contributed by atoms with Crippen LogP contribution in [0.25, 0.3) is 0 Å². The molecular weight excluding hydrogens is 466 g/mol. The van der Waals surface area contributed by atoms with E-state index in [1.165, 1.54) is 5.56 Å². The molecule has 1 aromatic carbocycles. The van der Waals surface area contributed by atoms with Crippen LogP contribution in [-0.2, 0) is 61.5 Å². The monoisotopic (exact) mass is 484 g/mol. The van der Waals surface area contributed by atoms with Crippen molar-refractivity contribution in [1.82, 2.24) is 0 Å². The van der Waals surface area contributed by atoms with Gasteiger partial charge in [-0.05, 0) is 29.4 Å². The Morgan fingerprint density at radius 2 is 1.14 bits per heavy atom.